The van der Waals surface area contributed by atoms with Gasteiger partial charge in [-0.3, -0.25) is 14.5 Å². The van der Waals surface area contributed by atoms with Crippen molar-refractivity contribution in [1.82, 2.24) is 9.80 Å². The highest BCUT2D eigenvalue weighted by molar-refractivity contribution is 5.92. The highest BCUT2D eigenvalue weighted by Gasteiger charge is 2.24. The predicted molar refractivity (Wildman–Crippen MR) is 86.1 cm³/mol. The summed E-state index contributed by atoms with van der Waals surface area (Å²) in [4.78, 5) is 27.9. The molecule has 2 aromatic rings. The van der Waals surface area contributed by atoms with E-state index in [-0.39, 0.29) is 18.4 Å². The average molecular weight is 331 g/mol. The Bertz CT molecular complexity index is 710. The number of anilines is 1. The molecule has 0 atom stereocenters. The summed E-state index contributed by atoms with van der Waals surface area (Å²) >= 11 is 0. The van der Waals surface area contributed by atoms with Crippen LogP contribution in [0, 0.1) is 5.82 Å². The molecule has 1 fully saturated rings. The zero-order chi connectivity index (χ0) is 16.9. The Morgan fingerprint density at radius 1 is 1.12 bits per heavy atom. The van der Waals surface area contributed by atoms with Gasteiger partial charge < -0.3 is 14.6 Å². The molecule has 24 heavy (non-hydrogen) atoms. The molecule has 1 aromatic carbocycles. The van der Waals surface area contributed by atoms with E-state index in [1.54, 1.807) is 29.2 Å². The van der Waals surface area contributed by atoms with Gasteiger partial charge in [-0.1, -0.05) is 6.07 Å². The number of rotatable bonds is 4. The van der Waals surface area contributed by atoms with E-state index in [1.807, 2.05) is 4.90 Å². The van der Waals surface area contributed by atoms with E-state index in [0.717, 1.165) is 0 Å². The van der Waals surface area contributed by atoms with Gasteiger partial charge >= 0.3 is 0 Å². The highest BCUT2D eigenvalue weighted by atomic mass is 19.1. The molecule has 1 aromatic heterocycles. The van der Waals surface area contributed by atoms with Crippen LogP contribution in [0.2, 0.25) is 0 Å². The smallest absolute Gasteiger partial charge is 0.289 e. The third-order valence-corrected chi connectivity index (χ3v) is 3.87. The second-order valence-corrected chi connectivity index (χ2v) is 5.60. The summed E-state index contributed by atoms with van der Waals surface area (Å²) in [5, 5.41) is 2.67. The molecular formula is C17H18FN3O3. The molecule has 0 bridgehead atoms. The first-order chi connectivity index (χ1) is 11.6. The Morgan fingerprint density at radius 3 is 2.58 bits per heavy atom. The first-order valence-electron chi connectivity index (χ1n) is 7.72. The van der Waals surface area contributed by atoms with Gasteiger partial charge in [-0.25, -0.2) is 4.39 Å². The number of nitrogens with zero attached hydrogens (tertiary/aromatic N) is 2. The summed E-state index contributed by atoms with van der Waals surface area (Å²) in [6, 6.07) is 9.11. The van der Waals surface area contributed by atoms with Crippen LogP contribution < -0.4 is 5.32 Å². The summed E-state index contributed by atoms with van der Waals surface area (Å²) in [5.74, 6) is -0.402. The van der Waals surface area contributed by atoms with Crippen molar-refractivity contribution in [2.75, 3.05) is 38.0 Å². The summed E-state index contributed by atoms with van der Waals surface area (Å²) in [7, 11) is 0. The maximum Gasteiger partial charge on any atom is 0.289 e. The predicted octanol–water partition coefficient (Wildman–Crippen LogP) is 1.82. The van der Waals surface area contributed by atoms with E-state index in [4.69, 9.17) is 4.42 Å². The molecule has 0 radical (unpaired) electrons. The lowest BCUT2D eigenvalue weighted by molar-refractivity contribution is -0.117. The molecule has 1 aliphatic rings. The van der Waals surface area contributed by atoms with Crippen LogP contribution in [0.15, 0.2) is 47.1 Å². The van der Waals surface area contributed by atoms with Crippen LogP contribution in [0.25, 0.3) is 0 Å². The van der Waals surface area contributed by atoms with E-state index in [9.17, 15) is 14.0 Å². The van der Waals surface area contributed by atoms with Crippen molar-refractivity contribution in [1.29, 1.82) is 0 Å². The van der Waals surface area contributed by atoms with Crippen LogP contribution in [0.5, 0.6) is 0 Å². The monoisotopic (exact) mass is 331 g/mol. The first-order valence-corrected chi connectivity index (χ1v) is 7.72. The molecule has 2 amide bonds. The highest BCUT2D eigenvalue weighted by Crippen LogP contribution is 2.11. The van der Waals surface area contributed by atoms with Crippen molar-refractivity contribution < 1.29 is 18.4 Å². The second-order valence-electron chi connectivity index (χ2n) is 5.60. The van der Waals surface area contributed by atoms with Crippen molar-refractivity contribution >= 4 is 17.5 Å². The van der Waals surface area contributed by atoms with Gasteiger partial charge in [0, 0.05) is 31.9 Å². The van der Waals surface area contributed by atoms with Gasteiger partial charge in [-0.15, -0.1) is 0 Å². The molecule has 1 aliphatic heterocycles. The first kappa shape index (κ1) is 16.2. The summed E-state index contributed by atoms with van der Waals surface area (Å²) < 4.78 is 18.2. The number of furan rings is 1. The minimum Gasteiger partial charge on any atom is -0.459 e. The van der Waals surface area contributed by atoms with Gasteiger partial charge in [0.05, 0.1) is 12.8 Å². The molecule has 0 saturated carbocycles. The number of halogens is 1. The Morgan fingerprint density at radius 2 is 1.92 bits per heavy atom. The van der Waals surface area contributed by atoms with Gasteiger partial charge in [-0.05, 0) is 30.3 Å². The lowest BCUT2D eigenvalue weighted by Gasteiger charge is -2.33. The fourth-order valence-corrected chi connectivity index (χ4v) is 2.64. The lowest BCUT2D eigenvalue weighted by Crippen LogP contribution is -2.50. The van der Waals surface area contributed by atoms with Gasteiger partial charge in [0.15, 0.2) is 5.76 Å². The third-order valence-electron chi connectivity index (χ3n) is 3.87. The molecule has 3 rings (SSSR count). The molecule has 0 spiro atoms. The fraction of sp³-hybridized carbons (Fsp3) is 0.294. The number of piperazine rings is 1. The van der Waals surface area contributed by atoms with E-state index >= 15 is 0 Å². The summed E-state index contributed by atoms with van der Waals surface area (Å²) in [6.07, 6.45) is 1.47. The van der Waals surface area contributed by atoms with E-state index in [1.165, 1.54) is 18.4 Å². The van der Waals surface area contributed by atoms with Crippen LogP contribution in [-0.2, 0) is 4.79 Å². The molecule has 2 heterocycles. The van der Waals surface area contributed by atoms with Gasteiger partial charge in [-0.2, -0.15) is 0 Å². The van der Waals surface area contributed by atoms with Crippen molar-refractivity contribution in [3.05, 3.63) is 54.2 Å². The number of benzene rings is 1. The molecule has 126 valence electrons. The normalized spacial score (nSPS) is 15.3. The molecule has 1 N–H and O–H groups in total. The largest absolute Gasteiger partial charge is 0.459 e. The minimum absolute atomic E-state index is 0.135. The molecule has 0 unspecified atom stereocenters. The van der Waals surface area contributed by atoms with E-state index < -0.39 is 5.82 Å². The van der Waals surface area contributed by atoms with E-state index in [0.29, 0.717) is 37.6 Å². The fourth-order valence-electron chi connectivity index (χ4n) is 2.64. The molecular weight excluding hydrogens is 313 g/mol. The van der Waals surface area contributed by atoms with Crippen molar-refractivity contribution in [2.24, 2.45) is 0 Å². The van der Waals surface area contributed by atoms with Gasteiger partial charge in [0.1, 0.15) is 5.82 Å². The number of amides is 2. The standard InChI is InChI=1S/C17H18FN3O3/c18-13-3-1-4-14(11-13)19-16(22)12-20-6-8-21(9-7-20)17(23)15-5-2-10-24-15/h1-5,10-11H,6-9,12H2,(H,19,22). The van der Waals surface area contributed by atoms with Crippen molar-refractivity contribution in [3.8, 4) is 0 Å². The summed E-state index contributed by atoms with van der Waals surface area (Å²) in [6.45, 7) is 2.48. The number of nitrogens with one attached hydrogen (secondary N) is 1. The second kappa shape index (κ2) is 7.27. The maximum atomic E-state index is 13.1. The molecule has 0 aliphatic carbocycles. The molecule has 6 nitrogen and oxygen atoms in total. The zero-order valence-electron chi connectivity index (χ0n) is 13.1. The van der Waals surface area contributed by atoms with Crippen LogP contribution in [0.1, 0.15) is 10.6 Å². The summed E-state index contributed by atoms with van der Waals surface area (Å²) in [5.41, 5.74) is 0.437. The Kier molecular flexibility index (Phi) is 4.90. The Balaban J connectivity index is 1.47. The average Bonchev–Trinajstić information content (AvgIpc) is 3.09. The maximum absolute atomic E-state index is 13.1. The van der Waals surface area contributed by atoms with Crippen LogP contribution in [-0.4, -0.2) is 54.3 Å². The number of hydrogen-bond acceptors (Lipinski definition) is 4. The SMILES string of the molecule is O=C(CN1CCN(C(=O)c2ccco2)CC1)Nc1cccc(F)c1. The Labute approximate surface area is 138 Å². The van der Waals surface area contributed by atoms with Crippen LogP contribution in [0.3, 0.4) is 0 Å². The lowest BCUT2D eigenvalue weighted by atomic mass is 10.2. The number of hydrogen-bond donors (Lipinski definition) is 1. The Hall–Kier alpha value is -2.67. The zero-order valence-corrected chi connectivity index (χ0v) is 13.1. The number of carbonyl (C=O) groups excluding carboxylic acids is 2. The topological polar surface area (TPSA) is 65.8 Å². The van der Waals surface area contributed by atoms with Gasteiger partial charge in [0.2, 0.25) is 5.91 Å². The van der Waals surface area contributed by atoms with E-state index in [2.05, 4.69) is 5.32 Å². The van der Waals surface area contributed by atoms with Crippen molar-refractivity contribution in [3.63, 3.8) is 0 Å². The quantitative estimate of drug-likeness (QED) is 0.928. The van der Waals surface area contributed by atoms with Crippen LogP contribution >= 0.6 is 0 Å². The molecule has 1 saturated heterocycles. The minimum atomic E-state index is -0.391. The number of carbonyl (C=O) groups is 2. The molecule has 7 heteroatoms. The van der Waals surface area contributed by atoms with Gasteiger partial charge in [0.25, 0.3) is 5.91 Å². The van der Waals surface area contributed by atoms with Crippen LogP contribution in [0.4, 0.5) is 10.1 Å². The van der Waals surface area contributed by atoms with Crippen molar-refractivity contribution in [2.45, 2.75) is 0 Å². The third kappa shape index (κ3) is 3.99.